The Morgan fingerprint density at radius 3 is 3.32 bits per heavy atom. The second-order valence-electron chi connectivity index (χ2n) is 5.22. The van der Waals surface area contributed by atoms with Crippen molar-refractivity contribution in [3.63, 3.8) is 0 Å². The van der Waals surface area contributed by atoms with E-state index in [0.717, 1.165) is 23.3 Å². The summed E-state index contributed by atoms with van der Waals surface area (Å²) in [4.78, 5) is 29.9. The van der Waals surface area contributed by atoms with Crippen LogP contribution in [0.25, 0.3) is 21.5 Å². The third-order valence-corrected chi connectivity index (χ3v) is 4.00. The molecule has 0 spiro atoms. The minimum absolute atomic E-state index is 0.123. The number of aromatic amines is 1. The lowest BCUT2D eigenvalue weighted by molar-refractivity contribution is -0.128. The van der Waals surface area contributed by atoms with Crippen molar-refractivity contribution in [1.29, 1.82) is 0 Å². The summed E-state index contributed by atoms with van der Waals surface area (Å²) >= 11 is 0. The van der Waals surface area contributed by atoms with Crippen LogP contribution in [0.3, 0.4) is 0 Å². The van der Waals surface area contributed by atoms with Crippen LogP contribution in [0.4, 0.5) is 5.82 Å². The molecule has 1 aliphatic rings. The number of likely N-dealkylation sites (N-methyl/N-ethyl adjacent to an activating group) is 1. The first kappa shape index (κ1) is 14.2. The van der Waals surface area contributed by atoms with Crippen LogP contribution in [0.1, 0.15) is 6.42 Å². The molecule has 9 nitrogen and oxygen atoms in total. The van der Waals surface area contributed by atoms with Crippen LogP contribution in [-0.4, -0.2) is 58.5 Å². The number of anilines is 1. The van der Waals surface area contributed by atoms with Gasteiger partial charge in [0.2, 0.25) is 5.91 Å². The van der Waals surface area contributed by atoms with Gasteiger partial charge in [-0.05, 0) is 18.0 Å². The Kier molecular flexibility index (Phi) is 3.80. The number of amides is 1. The zero-order valence-electron chi connectivity index (χ0n) is 12.2. The molecular weight excluding hydrogens is 284 g/mol. The van der Waals surface area contributed by atoms with Crippen LogP contribution in [0.15, 0.2) is 23.7 Å². The normalized spacial score (nSPS) is 17.5. The Hall–Kier alpha value is -2.80. The van der Waals surface area contributed by atoms with Gasteiger partial charge < -0.3 is 14.8 Å². The fraction of sp³-hybridized carbons (Fsp3) is 0.462. The highest BCUT2D eigenvalue weighted by atomic mass is 16.2. The van der Waals surface area contributed by atoms with E-state index in [1.54, 1.807) is 4.90 Å². The number of H-pyrrole nitrogens is 1. The number of rotatable bonds is 4. The van der Waals surface area contributed by atoms with Gasteiger partial charge in [-0.15, -0.1) is 0 Å². The summed E-state index contributed by atoms with van der Waals surface area (Å²) in [5.41, 5.74) is 9.09. The van der Waals surface area contributed by atoms with Gasteiger partial charge in [-0.2, -0.15) is 0 Å². The lowest BCUT2D eigenvalue weighted by atomic mass is 10.2. The molecular formula is C13H16N8O. The lowest BCUT2D eigenvalue weighted by Gasteiger charge is -2.26. The van der Waals surface area contributed by atoms with Gasteiger partial charge in [0.1, 0.15) is 24.3 Å². The Bertz CT molecular complexity index is 734. The molecule has 2 aromatic rings. The van der Waals surface area contributed by atoms with Crippen LogP contribution in [0.5, 0.6) is 0 Å². The average Bonchev–Trinajstić information content (AvgIpc) is 3.20. The van der Waals surface area contributed by atoms with E-state index in [1.807, 2.05) is 19.3 Å². The molecule has 0 bridgehead atoms. The fourth-order valence-corrected chi connectivity index (χ4v) is 2.79. The molecule has 1 atom stereocenters. The van der Waals surface area contributed by atoms with Crippen LogP contribution < -0.4 is 4.90 Å². The summed E-state index contributed by atoms with van der Waals surface area (Å²) < 4.78 is 0. The molecule has 1 aliphatic heterocycles. The SMILES string of the molecule is CN(c1ncnc2[nH]ccc12)[C@@H]1CCN(C(=O)CN=[N+]=[N-])C1. The molecule has 0 radical (unpaired) electrons. The number of azide groups is 1. The smallest absolute Gasteiger partial charge is 0.228 e. The molecule has 114 valence electrons. The summed E-state index contributed by atoms with van der Waals surface area (Å²) in [7, 11) is 1.97. The van der Waals surface area contributed by atoms with Crippen molar-refractivity contribution in [2.75, 3.05) is 31.6 Å². The van der Waals surface area contributed by atoms with Gasteiger partial charge in [0.05, 0.1) is 5.39 Å². The van der Waals surface area contributed by atoms with E-state index in [9.17, 15) is 4.79 Å². The molecule has 0 saturated carbocycles. The van der Waals surface area contributed by atoms with E-state index >= 15 is 0 Å². The molecule has 1 amide bonds. The van der Waals surface area contributed by atoms with E-state index in [4.69, 9.17) is 5.53 Å². The van der Waals surface area contributed by atoms with Crippen LogP contribution in [0, 0.1) is 0 Å². The maximum atomic E-state index is 11.9. The molecule has 0 unspecified atom stereocenters. The number of carbonyl (C=O) groups is 1. The van der Waals surface area contributed by atoms with E-state index in [2.05, 4.69) is 29.9 Å². The summed E-state index contributed by atoms with van der Waals surface area (Å²) in [6.07, 6.45) is 4.22. The Morgan fingerprint density at radius 2 is 2.50 bits per heavy atom. The standard InChI is InChI=1S/C13H16N8O/c1-20(13-10-2-4-15-12(10)16-8-17-13)9-3-5-21(7-9)11(22)6-18-19-14/h2,4,8-9H,3,5-7H2,1H3,(H,15,16,17)/t9-/m1/s1. The first-order valence-corrected chi connectivity index (χ1v) is 7.00. The lowest BCUT2D eigenvalue weighted by Crippen LogP contribution is -2.37. The highest BCUT2D eigenvalue weighted by Crippen LogP contribution is 2.25. The van der Waals surface area contributed by atoms with Gasteiger partial charge in [-0.1, -0.05) is 5.11 Å². The van der Waals surface area contributed by atoms with Crippen LogP contribution in [0.2, 0.25) is 0 Å². The monoisotopic (exact) mass is 300 g/mol. The third kappa shape index (κ3) is 2.53. The number of nitrogens with zero attached hydrogens (tertiary/aromatic N) is 7. The number of hydrogen-bond donors (Lipinski definition) is 1. The largest absolute Gasteiger partial charge is 0.354 e. The van der Waals surface area contributed by atoms with Crippen molar-refractivity contribution in [3.8, 4) is 0 Å². The molecule has 3 rings (SSSR count). The predicted molar refractivity (Wildman–Crippen MR) is 81.3 cm³/mol. The first-order chi connectivity index (χ1) is 10.7. The van der Waals surface area contributed by atoms with Crippen LogP contribution >= 0.6 is 0 Å². The highest BCUT2D eigenvalue weighted by molar-refractivity contribution is 5.87. The number of carbonyl (C=O) groups excluding carboxylic acids is 1. The zero-order chi connectivity index (χ0) is 15.5. The van der Waals surface area contributed by atoms with Crippen molar-refractivity contribution in [2.24, 2.45) is 5.11 Å². The maximum Gasteiger partial charge on any atom is 0.228 e. The number of fused-ring (bicyclic) bond motifs is 1. The summed E-state index contributed by atoms with van der Waals surface area (Å²) in [6, 6.07) is 2.13. The van der Waals surface area contributed by atoms with E-state index < -0.39 is 0 Å². The van der Waals surface area contributed by atoms with E-state index in [-0.39, 0.29) is 18.5 Å². The van der Waals surface area contributed by atoms with Crippen molar-refractivity contribution >= 4 is 22.8 Å². The van der Waals surface area contributed by atoms with Gasteiger partial charge in [-0.25, -0.2) is 9.97 Å². The fourth-order valence-electron chi connectivity index (χ4n) is 2.79. The van der Waals surface area contributed by atoms with Crippen molar-refractivity contribution in [2.45, 2.75) is 12.5 Å². The molecule has 9 heteroatoms. The first-order valence-electron chi connectivity index (χ1n) is 7.00. The molecule has 1 N–H and O–H groups in total. The van der Waals surface area contributed by atoms with Gasteiger partial charge >= 0.3 is 0 Å². The number of likely N-dealkylation sites (tertiary alicyclic amines) is 1. The predicted octanol–water partition coefficient (Wildman–Crippen LogP) is 1.31. The van der Waals surface area contributed by atoms with Crippen molar-refractivity contribution in [3.05, 3.63) is 29.0 Å². The molecule has 0 aromatic carbocycles. The molecule has 0 aliphatic carbocycles. The second-order valence-corrected chi connectivity index (χ2v) is 5.22. The minimum Gasteiger partial charge on any atom is -0.354 e. The van der Waals surface area contributed by atoms with E-state index in [1.165, 1.54) is 6.33 Å². The number of nitrogens with one attached hydrogen (secondary N) is 1. The average molecular weight is 300 g/mol. The van der Waals surface area contributed by atoms with Gasteiger partial charge in [-0.3, -0.25) is 4.79 Å². The molecule has 3 heterocycles. The summed E-state index contributed by atoms with van der Waals surface area (Å²) in [5, 5.41) is 4.29. The van der Waals surface area contributed by atoms with Crippen molar-refractivity contribution < 1.29 is 4.79 Å². The quantitative estimate of drug-likeness (QED) is 0.520. The van der Waals surface area contributed by atoms with Gasteiger partial charge in [0, 0.05) is 37.3 Å². The van der Waals surface area contributed by atoms with Crippen LogP contribution in [-0.2, 0) is 4.79 Å². The topological polar surface area (TPSA) is 114 Å². The minimum atomic E-state index is -0.136. The van der Waals surface area contributed by atoms with Gasteiger partial charge in [0.15, 0.2) is 0 Å². The Labute approximate surface area is 126 Å². The van der Waals surface area contributed by atoms with Gasteiger partial charge in [0.25, 0.3) is 0 Å². The van der Waals surface area contributed by atoms with E-state index in [0.29, 0.717) is 13.1 Å². The third-order valence-electron chi connectivity index (χ3n) is 4.00. The molecule has 1 fully saturated rings. The maximum absolute atomic E-state index is 11.9. The highest BCUT2D eigenvalue weighted by Gasteiger charge is 2.29. The van der Waals surface area contributed by atoms with Crippen molar-refractivity contribution in [1.82, 2.24) is 19.9 Å². The number of aromatic nitrogens is 3. The molecule has 22 heavy (non-hydrogen) atoms. The second kappa shape index (κ2) is 5.90. The summed E-state index contributed by atoms with van der Waals surface area (Å²) in [5.74, 6) is 0.712. The zero-order valence-corrected chi connectivity index (χ0v) is 12.2. The Morgan fingerprint density at radius 1 is 1.64 bits per heavy atom. The molecule has 1 saturated heterocycles. The number of hydrogen-bond acceptors (Lipinski definition) is 5. The molecule has 2 aromatic heterocycles. The Balaban J connectivity index is 1.74. The summed E-state index contributed by atoms with van der Waals surface area (Å²) in [6.45, 7) is 1.14.